The number of hydrogen-bond donors (Lipinski definition) is 1. The first kappa shape index (κ1) is 16.2. The van der Waals surface area contributed by atoms with Crippen LogP contribution in [0.15, 0.2) is 34.9 Å². The summed E-state index contributed by atoms with van der Waals surface area (Å²) in [5, 5.41) is 8.03. The maximum atomic E-state index is 4.43. The summed E-state index contributed by atoms with van der Waals surface area (Å²) in [4.78, 5) is 0. The number of nitrogens with one attached hydrogen (secondary N) is 1. The lowest BCUT2D eigenvalue weighted by Gasteiger charge is -2.20. The van der Waals surface area contributed by atoms with E-state index in [9.17, 15) is 0 Å². The summed E-state index contributed by atoms with van der Waals surface area (Å²) in [5.41, 5.74) is 3.96. The van der Waals surface area contributed by atoms with Gasteiger partial charge in [-0.1, -0.05) is 36.8 Å². The molecule has 0 bridgehead atoms. The molecule has 0 radical (unpaired) electrons. The minimum atomic E-state index is 0.327. The van der Waals surface area contributed by atoms with E-state index in [4.69, 9.17) is 0 Å². The minimum absolute atomic E-state index is 0.327. The van der Waals surface area contributed by atoms with E-state index in [1.807, 2.05) is 6.20 Å². The van der Waals surface area contributed by atoms with Gasteiger partial charge in [0.25, 0.3) is 0 Å². The molecule has 0 spiro atoms. The molecule has 1 aromatic heterocycles. The molecule has 0 saturated carbocycles. The molecule has 0 aliphatic rings. The molecule has 2 rings (SSSR count). The van der Waals surface area contributed by atoms with Crippen LogP contribution in [0.2, 0.25) is 0 Å². The van der Waals surface area contributed by atoms with E-state index in [2.05, 4.69) is 76.1 Å². The number of rotatable bonds is 7. The zero-order chi connectivity index (χ0) is 15.2. The highest BCUT2D eigenvalue weighted by Crippen LogP contribution is 2.27. The Hall–Kier alpha value is -1.13. The lowest BCUT2D eigenvalue weighted by atomic mass is 10.0. The fourth-order valence-electron chi connectivity index (χ4n) is 2.62. The highest BCUT2D eigenvalue weighted by Gasteiger charge is 2.18. The van der Waals surface area contributed by atoms with Crippen LogP contribution in [0.3, 0.4) is 0 Å². The predicted molar refractivity (Wildman–Crippen MR) is 91.5 cm³/mol. The monoisotopic (exact) mass is 349 g/mol. The molecule has 2 aromatic rings. The van der Waals surface area contributed by atoms with Gasteiger partial charge in [-0.05, 0) is 54.7 Å². The normalized spacial score (nSPS) is 12.6. The molecule has 114 valence electrons. The first-order valence-corrected chi connectivity index (χ1v) is 8.45. The summed E-state index contributed by atoms with van der Waals surface area (Å²) in [6, 6.07) is 9.15. The summed E-state index contributed by atoms with van der Waals surface area (Å²) >= 11 is 3.64. The predicted octanol–water partition coefficient (Wildman–Crippen LogP) is 4.26. The number of benzene rings is 1. The molecule has 0 fully saturated rings. The van der Waals surface area contributed by atoms with Crippen molar-refractivity contribution < 1.29 is 0 Å². The van der Waals surface area contributed by atoms with Crippen molar-refractivity contribution in [2.45, 2.75) is 46.2 Å². The van der Waals surface area contributed by atoms with Crippen molar-refractivity contribution in [1.29, 1.82) is 0 Å². The van der Waals surface area contributed by atoms with Crippen LogP contribution < -0.4 is 5.32 Å². The molecule has 1 N–H and O–H groups in total. The quantitative estimate of drug-likeness (QED) is 0.809. The maximum absolute atomic E-state index is 4.43. The van der Waals surface area contributed by atoms with Gasteiger partial charge in [-0.15, -0.1) is 0 Å². The van der Waals surface area contributed by atoms with Crippen molar-refractivity contribution in [2.24, 2.45) is 0 Å². The Morgan fingerprint density at radius 2 is 1.95 bits per heavy atom. The zero-order valence-corrected chi connectivity index (χ0v) is 14.7. The lowest BCUT2D eigenvalue weighted by molar-refractivity contribution is 0.465. The van der Waals surface area contributed by atoms with Crippen LogP contribution in [-0.2, 0) is 13.0 Å². The van der Waals surface area contributed by atoms with Crippen molar-refractivity contribution in [3.63, 3.8) is 0 Å². The molecular weight excluding hydrogens is 326 g/mol. The van der Waals surface area contributed by atoms with E-state index in [-0.39, 0.29) is 0 Å². The third-order valence-electron chi connectivity index (χ3n) is 3.76. The third kappa shape index (κ3) is 4.17. The van der Waals surface area contributed by atoms with Gasteiger partial charge in [-0.2, -0.15) is 5.10 Å². The Kier molecular flexibility index (Phi) is 6.00. The molecule has 1 aromatic carbocycles. The first-order chi connectivity index (χ1) is 10.2. The Morgan fingerprint density at radius 3 is 2.57 bits per heavy atom. The lowest BCUT2D eigenvalue weighted by Crippen LogP contribution is -2.24. The van der Waals surface area contributed by atoms with E-state index in [1.54, 1.807) is 0 Å². The third-order valence-corrected chi connectivity index (χ3v) is 4.37. The van der Waals surface area contributed by atoms with E-state index >= 15 is 0 Å². The van der Waals surface area contributed by atoms with E-state index in [1.165, 1.54) is 16.8 Å². The molecule has 0 saturated heterocycles. The molecule has 1 unspecified atom stereocenters. The molecule has 1 atom stereocenters. The second-order valence-electron chi connectivity index (χ2n) is 5.33. The second-order valence-corrected chi connectivity index (χ2v) is 6.18. The molecule has 1 heterocycles. The molecule has 4 heteroatoms. The van der Waals surface area contributed by atoms with Gasteiger partial charge in [0.2, 0.25) is 0 Å². The summed E-state index contributed by atoms with van der Waals surface area (Å²) in [6.07, 6.45) is 4.04. The Labute approximate surface area is 135 Å². The van der Waals surface area contributed by atoms with Gasteiger partial charge in [-0.25, -0.2) is 0 Å². The second kappa shape index (κ2) is 7.76. The van der Waals surface area contributed by atoms with Crippen LogP contribution in [0.5, 0.6) is 0 Å². The van der Waals surface area contributed by atoms with Gasteiger partial charge in [0, 0.05) is 6.54 Å². The largest absolute Gasteiger partial charge is 0.309 e. The van der Waals surface area contributed by atoms with Crippen molar-refractivity contribution in [3.8, 4) is 0 Å². The Bertz CT molecular complexity index is 560. The molecule has 3 nitrogen and oxygen atoms in total. The standard InChI is InChI=1S/C17H24BrN3/c1-4-19-16(17-15(18)12-20-21(17)5-2)11-10-14-8-6-13(3)7-9-14/h6-9,12,16,19H,4-5,10-11H2,1-3H3. The van der Waals surface area contributed by atoms with Gasteiger partial charge in [0.1, 0.15) is 0 Å². The maximum Gasteiger partial charge on any atom is 0.0695 e. The van der Waals surface area contributed by atoms with Crippen LogP contribution in [0.4, 0.5) is 0 Å². The van der Waals surface area contributed by atoms with Crippen LogP contribution in [0.25, 0.3) is 0 Å². The highest BCUT2D eigenvalue weighted by atomic mass is 79.9. The summed E-state index contributed by atoms with van der Waals surface area (Å²) in [5.74, 6) is 0. The molecule has 0 aliphatic heterocycles. The van der Waals surface area contributed by atoms with E-state index in [0.717, 1.165) is 30.4 Å². The summed E-state index contributed by atoms with van der Waals surface area (Å²) in [7, 11) is 0. The average Bonchev–Trinajstić information content (AvgIpc) is 2.86. The van der Waals surface area contributed by atoms with Gasteiger partial charge in [-0.3, -0.25) is 4.68 Å². The van der Waals surface area contributed by atoms with Crippen molar-refractivity contribution in [2.75, 3.05) is 6.54 Å². The highest BCUT2D eigenvalue weighted by molar-refractivity contribution is 9.10. The number of halogens is 1. The summed E-state index contributed by atoms with van der Waals surface area (Å²) < 4.78 is 3.17. The Balaban J connectivity index is 2.11. The molecule has 21 heavy (non-hydrogen) atoms. The van der Waals surface area contributed by atoms with Crippen molar-refractivity contribution in [3.05, 3.63) is 51.8 Å². The number of hydrogen-bond acceptors (Lipinski definition) is 2. The van der Waals surface area contributed by atoms with Crippen molar-refractivity contribution in [1.82, 2.24) is 15.1 Å². The summed E-state index contributed by atoms with van der Waals surface area (Å²) in [6.45, 7) is 8.26. The fraction of sp³-hybridized carbons (Fsp3) is 0.471. The molecule has 0 aliphatic carbocycles. The number of aromatic nitrogens is 2. The minimum Gasteiger partial charge on any atom is -0.309 e. The number of aryl methyl sites for hydroxylation is 3. The fourth-order valence-corrected chi connectivity index (χ4v) is 3.19. The zero-order valence-electron chi connectivity index (χ0n) is 13.1. The number of nitrogens with zero attached hydrogens (tertiary/aromatic N) is 2. The van der Waals surface area contributed by atoms with Gasteiger partial charge >= 0.3 is 0 Å². The van der Waals surface area contributed by atoms with Gasteiger partial charge < -0.3 is 5.32 Å². The van der Waals surface area contributed by atoms with Gasteiger partial charge in [0.05, 0.1) is 22.4 Å². The van der Waals surface area contributed by atoms with Crippen LogP contribution in [0.1, 0.15) is 43.1 Å². The Morgan fingerprint density at radius 1 is 1.24 bits per heavy atom. The van der Waals surface area contributed by atoms with E-state index < -0.39 is 0 Å². The van der Waals surface area contributed by atoms with Gasteiger partial charge in [0.15, 0.2) is 0 Å². The average molecular weight is 350 g/mol. The van der Waals surface area contributed by atoms with Crippen molar-refractivity contribution >= 4 is 15.9 Å². The van der Waals surface area contributed by atoms with Crippen LogP contribution in [-0.4, -0.2) is 16.3 Å². The smallest absolute Gasteiger partial charge is 0.0695 e. The first-order valence-electron chi connectivity index (χ1n) is 7.65. The van der Waals surface area contributed by atoms with Crippen LogP contribution in [0, 0.1) is 6.92 Å². The van der Waals surface area contributed by atoms with E-state index in [0.29, 0.717) is 6.04 Å². The van der Waals surface area contributed by atoms with Crippen LogP contribution >= 0.6 is 15.9 Å². The molecule has 0 amide bonds. The molecular formula is C17H24BrN3. The SMILES string of the molecule is CCNC(CCc1ccc(C)cc1)c1c(Br)cnn1CC. The topological polar surface area (TPSA) is 29.9 Å².